The van der Waals surface area contributed by atoms with Crippen LogP contribution in [0, 0.1) is 5.82 Å². The zero-order chi connectivity index (χ0) is 15.2. The summed E-state index contributed by atoms with van der Waals surface area (Å²) in [6, 6.07) is 4.04. The summed E-state index contributed by atoms with van der Waals surface area (Å²) in [6.07, 6.45) is 0.888. The van der Waals surface area contributed by atoms with Crippen LogP contribution in [-0.4, -0.2) is 49.7 Å². The van der Waals surface area contributed by atoms with E-state index in [2.05, 4.69) is 17.1 Å². The van der Waals surface area contributed by atoms with E-state index in [9.17, 15) is 9.18 Å². The number of hydrogen-bond acceptors (Lipinski definition) is 3. The van der Waals surface area contributed by atoms with Crippen molar-refractivity contribution in [3.63, 3.8) is 0 Å². The van der Waals surface area contributed by atoms with Crippen molar-refractivity contribution < 1.29 is 13.9 Å². The maximum absolute atomic E-state index is 13.3. The molecule has 1 heterocycles. The third-order valence-corrected chi connectivity index (χ3v) is 3.91. The van der Waals surface area contributed by atoms with Crippen molar-refractivity contribution in [2.24, 2.45) is 0 Å². The molecule has 1 aliphatic rings. The third kappa shape index (κ3) is 4.66. The molecule has 4 nitrogen and oxygen atoms in total. The Morgan fingerprint density at radius 1 is 1.57 bits per heavy atom. The number of hydrogen-bond donors (Lipinski definition) is 1. The minimum absolute atomic E-state index is 0.0156. The number of halogens is 2. The minimum atomic E-state index is -0.585. The Balaban J connectivity index is 1.77. The molecular weight excluding hydrogens is 295 g/mol. The van der Waals surface area contributed by atoms with E-state index >= 15 is 0 Å². The van der Waals surface area contributed by atoms with E-state index < -0.39 is 5.82 Å². The second-order valence-corrected chi connectivity index (χ2v) is 5.47. The van der Waals surface area contributed by atoms with Crippen molar-refractivity contribution in [1.29, 1.82) is 0 Å². The average Bonchev–Trinajstić information content (AvgIpc) is 2.50. The summed E-state index contributed by atoms with van der Waals surface area (Å²) in [5.41, 5.74) is 0.275. The molecule has 1 fully saturated rings. The molecule has 0 unspecified atom stereocenters. The first-order valence-corrected chi connectivity index (χ1v) is 7.55. The zero-order valence-electron chi connectivity index (χ0n) is 12.1. The van der Waals surface area contributed by atoms with E-state index in [-0.39, 0.29) is 22.6 Å². The van der Waals surface area contributed by atoms with Gasteiger partial charge in [0.1, 0.15) is 5.82 Å². The number of morpholine rings is 1. The second kappa shape index (κ2) is 7.73. The molecule has 1 amide bonds. The normalized spacial score (nSPS) is 19.5. The van der Waals surface area contributed by atoms with Gasteiger partial charge in [-0.25, -0.2) is 4.39 Å². The van der Waals surface area contributed by atoms with Crippen molar-refractivity contribution in [1.82, 2.24) is 10.2 Å². The number of likely N-dealkylation sites (N-methyl/N-ethyl adjacent to an activating group) is 1. The molecular formula is C15H20ClFN2O2. The molecule has 1 atom stereocenters. The van der Waals surface area contributed by atoms with Gasteiger partial charge in [0.15, 0.2) is 0 Å². The van der Waals surface area contributed by atoms with Gasteiger partial charge in [-0.05, 0) is 31.2 Å². The van der Waals surface area contributed by atoms with Crippen molar-refractivity contribution in [2.45, 2.75) is 19.4 Å². The highest BCUT2D eigenvalue weighted by atomic mass is 35.5. The molecule has 0 aromatic heterocycles. The Kier molecular flexibility index (Phi) is 5.96. The molecule has 0 spiro atoms. The zero-order valence-corrected chi connectivity index (χ0v) is 12.8. The van der Waals surface area contributed by atoms with Crippen LogP contribution >= 0.6 is 11.6 Å². The molecule has 1 aromatic rings. The first-order chi connectivity index (χ1) is 10.1. The number of carbonyl (C=O) groups is 1. The summed E-state index contributed by atoms with van der Waals surface area (Å²) in [6.45, 7) is 6.22. The molecule has 0 radical (unpaired) electrons. The lowest BCUT2D eigenvalue weighted by atomic mass is 10.2. The van der Waals surface area contributed by atoms with Crippen molar-refractivity contribution in [3.05, 3.63) is 34.6 Å². The molecule has 116 valence electrons. The van der Waals surface area contributed by atoms with Crippen LogP contribution in [0.15, 0.2) is 18.2 Å². The van der Waals surface area contributed by atoms with Gasteiger partial charge in [0.2, 0.25) is 0 Å². The fourth-order valence-corrected chi connectivity index (χ4v) is 2.45. The van der Waals surface area contributed by atoms with Gasteiger partial charge in [-0.2, -0.15) is 0 Å². The fourth-order valence-electron chi connectivity index (χ4n) is 2.33. The SMILES string of the molecule is CCN1CCO[C@H](CCNC(=O)c2ccc(Cl)c(F)c2)C1. The molecule has 1 N–H and O–H groups in total. The standard InChI is InChI=1S/C15H20ClFN2O2/c1-2-19-7-8-21-12(10-19)5-6-18-15(20)11-3-4-13(16)14(17)9-11/h3-4,9,12H,2,5-8,10H2,1H3,(H,18,20)/t12-/m1/s1. The highest BCUT2D eigenvalue weighted by Gasteiger charge is 2.19. The summed E-state index contributed by atoms with van der Waals surface area (Å²) in [7, 11) is 0. The van der Waals surface area contributed by atoms with Gasteiger partial charge in [0, 0.05) is 25.2 Å². The summed E-state index contributed by atoms with van der Waals surface area (Å²) < 4.78 is 19.0. The lowest BCUT2D eigenvalue weighted by Crippen LogP contribution is -2.43. The van der Waals surface area contributed by atoms with Gasteiger partial charge in [-0.3, -0.25) is 9.69 Å². The van der Waals surface area contributed by atoms with Crippen LogP contribution in [0.4, 0.5) is 4.39 Å². The number of benzene rings is 1. The molecule has 0 aliphatic carbocycles. The summed E-state index contributed by atoms with van der Waals surface area (Å²) in [5, 5.41) is 2.79. The molecule has 2 rings (SSSR count). The Hall–Kier alpha value is -1.17. The number of carbonyl (C=O) groups excluding carboxylic acids is 1. The maximum atomic E-state index is 13.3. The Morgan fingerprint density at radius 3 is 3.10 bits per heavy atom. The summed E-state index contributed by atoms with van der Waals surface area (Å²) in [4.78, 5) is 14.2. The van der Waals surface area contributed by atoms with Crippen LogP contribution in [-0.2, 0) is 4.74 Å². The first kappa shape index (κ1) is 16.2. The number of nitrogens with zero attached hydrogens (tertiary/aromatic N) is 1. The average molecular weight is 315 g/mol. The molecule has 1 saturated heterocycles. The van der Waals surface area contributed by atoms with Crippen LogP contribution < -0.4 is 5.32 Å². The van der Waals surface area contributed by atoms with Crippen molar-refractivity contribution in [2.75, 3.05) is 32.8 Å². The monoisotopic (exact) mass is 314 g/mol. The largest absolute Gasteiger partial charge is 0.375 e. The molecule has 1 aliphatic heterocycles. The van der Waals surface area contributed by atoms with Gasteiger partial charge in [0.25, 0.3) is 5.91 Å². The van der Waals surface area contributed by atoms with E-state index in [0.717, 1.165) is 38.7 Å². The van der Waals surface area contributed by atoms with Gasteiger partial charge in [-0.1, -0.05) is 18.5 Å². The van der Waals surface area contributed by atoms with E-state index in [1.54, 1.807) is 0 Å². The Morgan fingerprint density at radius 2 is 2.38 bits per heavy atom. The minimum Gasteiger partial charge on any atom is -0.375 e. The topological polar surface area (TPSA) is 41.6 Å². The molecule has 21 heavy (non-hydrogen) atoms. The predicted molar refractivity (Wildman–Crippen MR) is 80.2 cm³/mol. The predicted octanol–water partition coefficient (Wildman–Crippen LogP) is 2.32. The van der Waals surface area contributed by atoms with Crippen LogP contribution in [0.5, 0.6) is 0 Å². The molecule has 1 aromatic carbocycles. The van der Waals surface area contributed by atoms with Gasteiger partial charge in [0.05, 0.1) is 17.7 Å². The second-order valence-electron chi connectivity index (χ2n) is 5.06. The number of ether oxygens (including phenoxy) is 1. The van der Waals surface area contributed by atoms with Gasteiger partial charge in [-0.15, -0.1) is 0 Å². The van der Waals surface area contributed by atoms with Gasteiger partial charge >= 0.3 is 0 Å². The third-order valence-electron chi connectivity index (χ3n) is 3.60. The highest BCUT2D eigenvalue weighted by molar-refractivity contribution is 6.30. The van der Waals surface area contributed by atoms with Crippen LogP contribution in [0.25, 0.3) is 0 Å². The van der Waals surface area contributed by atoms with Crippen molar-refractivity contribution in [3.8, 4) is 0 Å². The lowest BCUT2D eigenvalue weighted by Gasteiger charge is -2.32. The lowest BCUT2D eigenvalue weighted by molar-refractivity contribution is -0.0296. The first-order valence-electron chi connectivity index (χ1n) is 7.17. The fraction of sp³-hybridized carbons (Fsp3) is 0.533. The Bertz CT molecular complexity index is 499. The number of nitrogens with one attached hydrogen (secondary N) is 1. The molecule has 0 saturated carbocycles. The Labute approximate surface area is 129 Å². The van der Waals surface area contributed by atoms with Crippen LogP contribution in [0.1, 0.15) is 23.7 Å². The number of amides is 1. The maximum Gasteiger partial charge on any atom is 0.251 e. The number of rotatable bonds is 5. The summed E-state index contributed by atoms with van der Waals surface area (Å²) >= 11 is 5.59. The van der Waals surface area contributed by atoms with Gasteiger partial charge < -0.3 is 10.1 Å². The highest BCUT2D eigenvalue weighted by Crippen LogP contribution is 2.15. The quantitative estimate of drug-likeness (QED) is 0.907. The van der Waals surface area contributed by atoms with E-state index in [4.69, 9.17) is 16.3 Å². The smallest absolute Gasteiger partial charge is 0.251 e. The molecule has 0 bridgehead atoms. The molecule has 6 heteroatoms. The van der Waals surface area contributed by atoms with Crippen LogP contribution in [0.2, 0.25) is 5.02 Å². The van der Waals surface area contributed by atoms with Crippen molar-refractivity contribution >= 4 is 17.5 Å². The van der Waals surface area contributed by atoms with E-state index in [0.29, 0.717) is 6.54 Å². The van der Waals surface area contributed by atoms with E-state index in [1.165, 1.54) is 12.1 Å². The van der Waals surface area contributed by atoms with E-state index in [1.807, 2.05) is 0 Å². The van der Waals surface area contributed by atoms with Crippen LogP contribution in [0.3, 0.4) is 0 Å². The summed E-state index contributed by atoms with van der Waals surface area (Å²) in [5.74, 6) is -0.882.